The summed E-state index contributed by atoms with van der Waals surface area (Å²) in [5.74, 6) is -1.25. The summed E-state index contributed by atoms with van der Waals surface area (Å²) >= 11 is 0. The molecule has 15 heteroatoms. The summed E-state index contributed by atoms with van der Waals surface area (Å²) in [6, 6.07) is -0.960. The third kappa shape index (κ3) is 4.45. The number of ether oxygens (including phenoxy) is 1. The first-order chi connectivity index (χ1) is 14.1. The molecule has 1 aromatic rings. The van der Waals surface area contributed by atoms with Gasteiger partial charge in [0, 0.05) is 16.7 Å². The van der Waals surface area contributed by atoms with Crippen molar-refractivity contribution < 1.29 is 67.6 Å². The fourth-order valence-corrected chi connectivity index (χ4v) is 2.92. The fourth-order valence-electron chi connectivity index (χ4n) is 2.92. The number of alkyl halides is 12. The minimum absolute atomic E-state index is 0.135. The Hall–Kier alpha value is -1.90. The van der Waals surface area contributed by atoms with Crippen LogP contribution in [0.3, 0.4) is 0 Å². The SMILES string of the molecule is CCCCc1c(OC)cc(C(O)(C(F)(F)F)C(F)(F)F)cc1C(O)(C(F)(F)F)C(F)(F)F. The first-order valence-corrected chi connectivity index (χ1v) is 8.54. The lowest BCUT2D eigenvalue weighted by molar-refractivity contribution is -0.378. The molecular formula is C17H16F12O3. The summed E-state index contributed by atoms with van der Waals surface area (Å²) in [5, 5.41) is 19.2. The first kappa shape index (κ1) is 28.1. The van der Waals surface area contributed by atoms with Crippen LogP contribution in [0, 0.1) is 0 Å². The van der Waals surface area contributed by atoms with Crippen LogP contribution < -0.4 is 4.74 Å². The molecule has 3 nitrogen and oxygen atoms in total. The van der Waals surface area contributed by atoms with Gasteiger partial charge >= 0.3 is 24.7 Å². The molecule has 0 saturated heterocycles. The number of hydrogen-bond donors (Lipinski definition) is 2. The number of methoxy groups -OCH3 is 1. The van der Waals surface area contributed by atoms with Crippen molar-refractivity contribution in [1.82, 2.24) is 0 Å². The molecule has 32 heavy (non-hydrogen) atoms. The molecule has 0 spiro atoms. The standard InChI is InChI=1S/C17H16F12O3/c1-3-4-5-9-10(13(31,16(24,25)26)17(27,28)29)6-8(7-11(9)32-2)12(30,14(18,19)20)15(21,22)23/h6-7,30-31H,3-5H2,1-2H3. The van der Waals surface area contributed by atoms with E-state index >= 15 is 0 Å². The van der Waals surface area contributed by atoms with E-state index in [9.17, 15) is 62.9 Å². The van der Waals surface area contributed by atoms with Gasteiger partial charge in [-0.3, -0.25) is 0 Å². The number of unbranched alkanes of at least 4 members (excludes halogenated alkanes) is 1. The Morgan fingerprint density at radius 1 is 0.719 bits per heavy atom. The minimum atomic E-state index is -6.62. The van der Waals surface area contributed by atoms with E-state index in [1.54, 1.807) is 0 Å². The second-order valence-electron chi connectivity index (χ2n) is 6.72. The molecule has 0 atom stereocenters. The molecule has 0 aliphatic rings. The maximum atomic E-state index is 13.4. The normalized spacial score (nSPS) is 14.6. The van der Waals surface area contributed by atoms with Crippen molar-refractivity contribution in [2.75, 3.05) is 7.11 Å². The summed E-state index contributed by atoms with van der Waals surface area (Å²) in [7, 11) is 0.568. The largest absolute Gasteiger partial charge is 0.496 e. The summed E-state index contributed by atoms with van der Waals surface area (Å²) in [6.07, 6.45) is -27.2. The highest BCUT2D eigenvalue weighted by Gasteiger charge is 2.74. The third-order valence-corrected chi connectivity index (χ3v) is 4.66. The molecule has 0 amide bonds. The molecule has 0 heterocycles. The summed E-state index contributed by atoms with van der Waals surface area (Å²) in [4.78, 5) is 0. The van der Waals surface area contributed by atoms with Gasteiger partial charge in [-0.05, 0) is 25.0 Å². The first-order valence-electron chi connectivity index (χ1n) is 8.54. The van der Waals surface area contributed by atoms with E-state index < -0.39 is 70.8 Å². The average molecular weight is 496 g/mol. The topological polar surface area (TPSA) is 49.7 Å². The van der Waals surface area contributed by atoms with Gasteiger partial charge in [0.05, 0.1) is 7.11 Å². The van der Waals surface area contributed by atoms with Gasteiger partial charge in [-0.1, -0.05) is 13.3 Å². The number of benzene rings is 1. The fraction of sp³-hybridized carbons (Fsp3) is 0.647. The monoisotopic (exact) mass is 496 g/mol. The average Bonchev–Trinajstić information content (AvgIpc) is 2.60. The van der Waals surface area contributed by atoms with Crippen LogP contribution in [0.5, 0.6) is 5.75 Å². The van der Waals surface area contributed by atoms with E-state index in [4.69, 9.17) is 0 Å². The van der Waals surface area contributed by atoms with Crippen LogP contribution >= 0.6 is 0 Å². The Morgan fingerprint density at radius 3 is 1.44 bits per heavy atom. The van der Waals surface area contributed by atoms with Crippen molar-refractivity contribution in [1.29, 1.82) is 0 Å². The second-order valence-corrected chi connectivity index (χ2v) is 6.72. The quantitative estimate of drug-likeness (QED) is 0.500. The molecule has 0 saturated carbocycles. The van der Waals surface area contributed by atoms with Crippen LogP contribution in [-0.4, -0.2) is 42.0 Å². The minimum Gasteiger partial charge on any atom is -0.496 e. The van der Waals surface area contributed by atoms with Crippen LogP contribution in [0.1, 0.15) is 36.5 Å². The number of hydrogen-bond acceptors (Lipinski definition) is 3. The molecule has 0 bridgehead atoms. The number of rotatable bonds is 6. The van der Waals surface area contributed by atoms with E-state index in [0.29, 0.717) is 7.11 Å². The molecular weight excluding hydrogens is 480 g/mol. The van der Waals surface area contributed by atoms with Crippen molar-refractivity contribution in [3.63, 3.8) is 0 Å². The highest BCUT2D eigenvalue weighted by molar-refractivity contribution is 5.50. The predicted octanol–water partition coefficient (Wildman–Crippen LogP) is 5.66. The van der Waals surface area contributed by atoms with Crippen molar-refractivity contribution in [2.45, 2.75) is 62.1 Å². The van der Waals surface area contributed by atoms with Crippen LogP contribution in [0.15, 0.2) is 12.1 Å². The van der Waals surface area contributed by atoms with Gasteiger partial charge in [0.15, 0.2) is 0 Å². The van der Waals surface area contributed by atoms with E-state index in [2.05, 4.69) is 4.74 Å². The molecule has 186 valence electrons. The number of halogens is 12. The maximum absolute atomic E-state index is 13.4. The molecule has 0 fully saturated rings. The Morgan fingerprint density at radius 2 is 1.12 bits per heavy atom. The molecule has 1 rings (SSSR count). The predicted molar refractivity (Wildman–Crippen MR) is 83.6 cm³/mol. The summed E-state index contributed by atoms with van der Waals surface area (Å²) < 4.78 is 164. The molecule has 1 aromatic carbocycles. The zero-order valence-electron chi connectivity index (χ0n) is 16.1. The van der Waals surface area contributed by atoms with Gasteiger partial charge < -0.3 is 14.9 Å². The van der Waals surface area contributed by atoms with E-state index in [1.165, 1.54) is 6.92 Å². The highest BCUT2D eigenvalue weighted by Crippen LogP contribution is 2.55. The summed E-state index contributed by atoms with van der Waals surface area (Å²) in [6.45, 7) is 1.44. The van der Waals surface area contributed by atoms with Crippen molar-refractivity contribution in [3.8, 4) is 5.75 Å². The van der Waals surface area contributed by atoms with Gasteiger partial charge in [-0.25, -0.2) is 0 Å². The zero-order valence-corrected chi connectivity index (χ0v) is 16.1. The molecule has 0 aliphatic heterocycles. The van der Waals surface area contributed by atoms with Crippen LogP contribution in [-0.2, 0) is 17.6 Å². The van der Waals surface area contributed by atoms with E-state index in [1.807, 2.05) is 0 Å². The van der Waals surface area contributed by atoms with Gasteiger partial charge in [-0.2, -0.15) is 52.7 Å². The lowest BCUT2D eigenvalue weighted by Gasteiger charge is -2.37. The Bertz CT molecular complexity index is 777. The maximum Gasteiger partial charge on any atom is 0.430 e. The molecule has 2 N–H and O–H groups in total. The Balaban J connectivity index is 4.26. The smallest absolute Gasteiger partial charge is 0.430 e. The van der Waals surface area contributed by atoms with Gasteiger partial charge in [-0.15, -0.1) is 0 Å². The van der Waals surface area contributed by atoms with Crippen molar-refractivity contribution >= 4 is 0 Å². The van der Waals surface area contributed by atoms with Gasteiger partial charge in [0.2, 0.25) is 0 Å². The Kier molecular flexibility index (Phi) is 7.44. The van der Waals surface area contributed by atoms with Crippen LogP contribution in [0.4, 0.5) is 52.7 Å². The van der Waals surface area contributed by atoms with Gasteiger partial charge in [0.1, 0.15) is 5.75 Å². The Labute approximate surface area is 172 Å². The van der Waals surface area contributed by atoms with Crippen LogP contribution in [0.25, 0.3) is 0 Å². The van der Waals surface area contributed by atoms with E-state index in [0.717, 1.165) is 0 Å². The molecule has 0 radical (unpaired) electrons. The van der Waals surface area contributed by atoms with Crippen molar-refractivity contribution in [3.05, 3.63) is 28.8 Å². The lowest BCUT2D eigenvalue weighted by Crippen LogP contribution is -2.56. The third-order valence-electron chi connectivity index (χ3n) is 4.66. The molecule has 0 unspecified atom stereocenters. The number of aliphatic hydroxyl groups is 2. The second kappa shape index (κ2) is 8.47. The molecule has 0 aromatic heterocycles. The molecule has 0 aliphatic carbocycles. The highest BCUT2D eigenvalue weighted by atomic mass is 19.4. The lowest BCUT2D eigenvalue weighted by atomic mass is 9.81. The summed E-state index contributed by atoms with van der Waals surface area (Å²) in [5.41, 5.74) is -17.7. The van der Waals surface area contributed by atoms with Gasteiger partial charge in [0.25, 0.3) is 11.2 Å². The van der Waals surface area contributed by atoms with Crippen molar-refractivity contribution in [2.24, 2.45) is 0 Å². The van der Waals surface area contributed by atoms with E-state index in [-0.39, 0.29) is 18.9 Å². The van der Waals surface area contributed by atoms with Crippen LogP contribution in [0.2, 0.25) is 0 Å². The zero-order chi connectivity index (χ0) is 25.6.